The Morgan fingerprint density at radius 2 is 1.67 bits per heavy atom. The van der Waals surface area contributed by atoms with Gasteiger partial charge in [-0.1, -0.05) is 50.3 Å². The summed E-state index contributed by atoms with van der Waals surface area (Å²) in [5.41, 5.74) is 3.54. The van der Waals surface area contributed by atoms with Crippen LogP contribution >= 0.6 is 0 Å². The van der Waals surface area contributed by atoms with Gasteiger partial charge in [0.25, 0.3) is 0 Å². The van der Waals surface area contributed by atoms with Crippen molar-refractivity contribution in [3.8, 4) is 12.3 Å². The number of aliphatic carboxylic acids is 1. The smallest absolute Gasteiger partial charge is 0.430 e. The number of fused-ring (bicyclic) bond motifs is 2. The molecule has 0 spiro atoms. The van der Waals surface area contributed by atoms with Crippen molar-refractivity contribution in [2.75, 3.05) is 25.6 Å². The largest absolute Gasteiger partial charge is 0.542 e. The molecule has 0 fully saturated rings. The lowest BCUT2D eigenvalue weighted by Gasteiger charge is -2.26. The van der Waals surface area contributed by atoms with E-state index in [2.05, 4.69) is 15.4 Å². The molecule has 2 aliphatic rings. The van der Waals surface area contributed by atoms with E-state index < -0.39 is 34.7 Å². The summed E-state index contributed by atoms with van der Waals surface area (Å²) < 4.78 is 79.2. The van der Waals surface area contributed by atoms with Crippen LogP contribution < -0.4 is 10.0 Å². The molecule has 0 aromatic heterocycles. The number of hydrogen-bond donors (Lipinski definition) is 0. The fourth-order valence-electron chi connectivity index (χ4n) is 6.00. The molecule has 0 radical (unpaired) electrons. The number of rotatable bonds is 8. The number of anilines is 1. The molecular formula is C36H36F6N2O4. The van der Waals surface area contributed by atoms with E-state index in [9.17, 15) is 31.1 Å². The quantitative estimate of drug-likeness (QED) is 0.0773. The number of para-hydroxylation sites is 1. The number of esters is 1. The molecule has 6 nitrogen and oxygen atoms in total. The summed E-state index contributed by atoms with van der Waals surface area (Å²) in [4.78, 5) is 23.2. The summed E-state index contributed by atoms with van der Waals surface area (Å²) in [5, 5.41) is 8.78. The van der Waals surface area contributed by atoms with Crippen LogP contribution in [0.25, 0.3) is 0 Å². The lowest BCUT2D eigenvalue weighted by atomic mass is 9.76. The second-order valence-corrected chi connectivity index (χ2v) is 11.9. The van der Waals surface area contributed by atoms with E-state index >= 15 is 0 Å². The summed E-state index contributed by atoms with van der Waals surface area (Å²) in [7, 11) is 3.37. The zero-order valence-corrected chi connectivity index (χ0v) is 27.1. The zero-order chi connectivity index (χ0) is 36.1. The minimum Gasteiger partial charge on any atom is -0.542 e. The van der Waals surface area contributed by atoms with Crippen molar-refractivity contribution in [2.45, 2.75) is 63.2 Å². The van der Waals surface area contributed by atoms with Gasteiger partial charge in [0.2, 0.25) is 5.69 Å². The SMILES string of the molecule is C#CCCCN1/C(=C/C=C/C=C/C2=[N+](C)c3ccccc3C2(C)CC(=O)OC)C(C)(C)c2cc(C(F)(F)F)ccc21.O=C([O-])C(F)(F)F. The van der Waals surface area contributed by atoms with Crippen molar-refractivity contribution in [3.05, 3.63) is 95.2 Å². The third-order valence-corrected chi connectivity index (χ3v) is 8.40. The van der Waals surface area contributed by atoms with Crippen LogP contribution in [-0.4, -0.2) is 49.1 Å². The van der Waals surface area contributed by atoms with Gasteiger partial charge in [-0.15, -0.1) is 12.3 Å². The highest BCUT2D eigenvalue weighted by atomic mass is 19.4. The summed E-state index contributed by atoms with van der Waals surface area (Å²) in [5.74, 6) is -0.648. The second-order valence-electron chi connectivity index (χ2n) is 11.9. The van der Waals surface area contributed by atoms with Crippen molar-refractivity contribution >= 4 is 29.0 Å². The van der Waals surface area contributed by atoms with Gasteiger partial charge in [0.05, 0.1) is 24.5 Å². The molecule has 0 N–H and O–H groups in total. The van der Waals surface area contributed by atoms with Gasteiger partial charge in [-0.3, -0.25) is 4.79 Å². The number of terminal acetylenes is 1. The Bertz CT molecular complexity index is 1710. The summed E-state index contributed by atoms with van der Waals surface area (Å²) >= 11 is 0. The molecule has 4 rings (SSSR count). The number of carbonyl (C=O) groups excluding carboxylic acids is 2. The van der Waals surface area contributed by atoms with Crippen LogP contribution in [0.2, 0.25) is 0 Å². The average Bonchev–Trinajstić information content (AvgIpc) is 3.35. The number of carbonyl (C=O) groups is 2. The molecule has 2 aliphatic heterocycles. The fourth-order valence-corrected chi connectivity index (χ4v) is 6.00. The number of hydrogen-bond acceptors (Lipinski definition) is 5. The topological polar surface area (TPSA) is 72.7 Å². The Kier molecular flexibility index (Phi) is 11.4. The minimum absolute atomic E-state index is 0.206. The predicted octanol–water partition coefficient (Wildman–Crippen LogP) is 6.76. The minimum atomic E-state index is -5.19. The van der Waals surface area contributed by atoms with Crippen LogP contribution in [0.15, 0.2) is 78.5 Å². The average molecular weight is 675 g/mol. The molecule has 48 heavy (non-hydrogen) atoms. The molecule has 0 aliphatic carbocycles. The van der Waals surface area contributed by atoms with Gasteiger partial charge in [0.1, 0.15) is 13.0 Å². The van der Waals surface area contributed by atoms with Gasteiger partial charge in [-0.2, -0.15) is 30.9 Å². The lowest BCUT2D eigenvalue weighted by Crippen LogP contribution is -2.37. The Hall–Kier alpha value is -4.79. The van der Waals surface area contributed by atoms with E-state index in [-0.39, 0.29) is 12.4 Å². The first-order chi connectivity index (χ1) is 22.3. The van der Waals surface area contributed by atoms with Gasteiger partial charge in [-0.05, 0) is 43.2 Å². The molecule has 256 valence electrons. The van der Waals surface area contributed by atoms with Crippen LogP contribution in [0.4, 0.5) is 37.7 Å². The molecule has 0 saturated heterocycles. The highest BCUT2D eigenvalue weighted by Crippen LogP contribution is 2.49. The van der Waals surface area contributed by atoms with Crippen molar-refractivity contribution in [1.29, 1.82) is 0 Å². The Balaban J connectivity index is 0.000000804. The molecule has 0 amide bonds. The number of methoxy groups -OCH3 is 1. The van der Waals surface area contributed by atoms with E-state index in [1.165, 1.54) is 13.2 Å². The molecular weight excluding hydrogens is 638 g/mol. The maximum absolute atomic E-state index is 13.5. The number of allylic oxidation sites excluding steroid dienone is 6. The van der Waals surface area contributed by atoms with Crippen molar-refractivity contribution in [3.63, 3.8) is 0 Å². The first-order valence-electron chi connectivity index (χ1n) is 14.8. The Morgan fingerprint density at radius 3 is 2.25 bits per heavy atom. The van der Waals surface area contributed by atoms with E-state index in [1.54, 1.807) is 6.07 Å². The summed E-state index contributed by atoms with van der Waals surface area (Å²) in [6, 6.07) is 12.0. The standard InChI is InChI=1S/C34H36F3N2O2.C2HF3O2/c1-7-8-14-21-39-28-20-19-24(34(35,36)37)22-26(28)32(2,3)29(39)17-10-9-11-18-30-33(4,23-31(40)41-6)25-15-12-13-16-27(25)38(30)5;3-2(4,5)1(6)7/h1,9-13,15-20,22H,8,14,21,23H2,2-6H3;(H,6,7)/q+1;/p-1. The first kappa shape index (κ1) is 37.7. The van der Waals surface area contributed by atoms with E-state index in [4.69, 9.17) is 21.1 Å². The second kappa shape index (κ2) is 14.5. The maximum atomic E-state index is 13.5. The number of carboxylic acids is 1. The van der Waals surface area contributed by atoms with Crippen molar-refractivity contribution in [1.82, 2.24) is 0 Å². The number of ether oxygens (including phenoxy) is 1. The van der Waals surface area contributed by atoms with E-state index in [0.29, 0.717) is 18.5 Å². The maximum Gasteiger partial charge on any atom is 0.430 e. The molecule has 0 bridgehead atoms. The van der Waals surface area contributed by atoms with Crippen LogP contribution in [0.1, 0.15) is 56.7 Å². The monoisotopic (exact) mass is 674 g/mol. The van der Waals surface area contributed by atoms with Crippen molar-refractivity contribution in [2.24, 2.45) is 0 Å². The first-order valence-corrected chi connectivity index (χ1v) is 14.8. The third-order valence-electron chi connectivity index (χ3n) is 8.40. The van der Waals surface area contributed by atoms with Crippen LogP contribution in [0.5, 0.6) is 0 Å². The molecule has 2 heterocycles. The number of nitrogens with zero attached hydrogens (tertiary/aromatic N) is 2. The van der Waals surface area contributed by atoms with E-state index in [1.807, 2.05) is 82.5 Å². The molecule has 1 unspecified atom stereocenters. The van der Waals surface area contributed by atoms with E-state index in [0.717, 1.165) is 40.8 Å². The third kappa shape index (κ3) is 8.01. The van der Waals surface area contributed by atoms with Crippen LogP contribution in [-0.2, 0) is 31.3 Å². The number of unbranched alkanes of at least 4 members (excludes halogenated alkanes) is 1. The molecule has 1 atom stereocenters. The zero-order valence-electron chi connectivity index (χ0n) is 27.1. The van der Waals surface area contributed by atoms with Gasteiger partial charge >= 0.3 is 18.3 Å². The normalized spacial score (nSPS) is 19.3. The van der Waals surface area contributed by atoms with Crippen molar-refractivity contribution < 1.29 is 50.4 Å². The molecule has 2 aromatic carbocycles. The fraction of sp³-hybridized carbons (Fsp3) is 0.361. The highest BCUT2D eigenvalue weighted by Gasteiger charge is 2.48. The van der Waals surface area contributed by atoms with Crippen LogP contribution in [0.3, 0.4) is 0 Å². The van der Waals surface area contributed by atoms with Crippen LogP contribution in [0, 0.1) is 12.3 Å². The van der Waals surface area contributed by atoms with Gasteiger partial charge in [0, 0.05) is 47.5 Å². The predicted molar refractivity (Wildman–Crippen MR) is 169 cm³/mol. The van der Waals surface area contributed by atoms with Gasteiger partial charge in [-0.25, -0.2) is 0 Å². The number of alkyl halides is 6. The molecule has 12 heteroatoms. The summed E-state index contributed by atoms with van der Waals surface area (Å²) in [6.07, 6.45) is 7.03. The number of carboxylic acid groups (broad SMARTS) is 1. The Morgan fingerprint density at radius 1 is 1.02 bits per heavy atom. The highest BCUT2D eigenvalue weighted by molar-refractivity contribution is 6.05. The lowest BCUT2D eigenvalue weighted by molar-refractivity contribution is -0.401. The molecule has 0 saturated carbocycles. The summed E-state index contributed by atoms with van der Waals surface area (Å²) in [6.45, 7) is 6.54. The molecule has 2 aromatic rings. The van der Waals surface area contributed by atoms with Gasteiger partial charge in [0.15, 0.2) is 5.71 Å². The van der Waals surface area contributed by atoms with Gasteiger partial charge < -0.3 is 19.5 Å². The number of halogens is 6. The number of benzene rings is 2. The Labute approximate surface area is 275 Å².